The monoisotopic (exact) mass is 311 g/mol. The topological polar surface area (TPSA) is 85.1 Å². The highest BCUT2D eigenvalue weighted by Gasteiger charge is 2.24. The number of carbonyl (C=O) groups is 1. The van der Waals surface area contributed by atoms with Crippen molar-refractivity contribution in [1.29, 1.82) is 0 Å². The first-order valence-electron chi connectivity index (χ1n) is 7.12. The van der Waals surface area contributed by atoms with Gasteiger partial charge in [-0.05, 0) is 18.8 Å². The molecule has 1 aliphatic rings. The first-order chi connectivity index (χ1) is 10.0. The van der Waals surface area contributed by atoms with E-state index in [1.54, 1.807) is 0 Å². The van der Waals surface area contributed by atoms with Crippen molar-refractivity contribution >= 4 is 23.2 Å². The van der Waals surface area contributed by atoms with Crippen molar-refractivity contribution < 1.29 is 9.72 Å². The van der Waals surface area contributed by atoms with Gasteiger partial charge in [0.1, 0.15) is 11.3 Å². The number of hydrogen-bond donors (Lipinski definition) is 1. The number of amides is 1. The molecule has 0 radical (unpaired) electrons. The van der Waals surface area contributed by atoms with Gasteiger partial charge in [-0.3, -0.25) is 14.9 Å². The van der Waals surface area contributed by atoms with Crippen molar-refractivity contribution in [3.05, 3.63) is 33.1 Å². The second kappa shape index (κ2) is 6.85. The van der Waals surface area contributed by atoms with E-state index < -0.39 is 10.8 Å². The summed E-state index contributed by atoms with van der Waals surface area (Å²) in [4.78, 5) is 26.1. The maximum absolute atomic E-state index is 12.2. The van der Waals surface area contributed by atoms with Gasteiger partial charge in [-0.15, -0.1) is 0 Å². The van der Waals surface area contributed by atoms with Gasteiger partial charge in [-0.2, -0.15) is 0 Å². The van der Waals surface area contributed by atoms with Crippen LogP contribution in [0.3, 0.4) is 0 Å². The van der Waals surface area contributed by atoms with E-state index in [-0.39, 0.29) is 22.4 Å². The summed E-state index contributed by atoms with van der Waals surface area (Å²) in [7, 11) is 0. The summed E-state index contributed by atoms with van der Waals surface area (Å²) in [6, 6.07) is 1.27. The lowest BCUT2D eigenvalue weighted by molar-refractivity contribution is -0.385. The van der Waals surface area contributed by atoms with Crippen LogP contribution in [0, 0.1) is 16.0 Å². The van der Waals surface area contributed by atoms with Gasteiger partial charge >= 0.3 is 0 Å². The lowest BCUT2D eigenvalue weighted by Gasteiger charge is -2.29. The minimum Gasteiger partial charge on any atom is -0.349 e. The highest BCUT2D eigenvalue weighted by atomic mass is 35.5. The van der Waals surface area contributed by atoms with Crippen LogP contribution in [-0.4, -0.2) is 21.9 Å². The molecule has 114 valence electrons. The molecule has 1 N–H and O–H groups in total. The second-order valence-corrected chi connectivity index (χ2v) is 5.76. The van der Waals surface area contributed by atoms with Crippen molar-refractivity contribution in [3.8, 4) is 0 Å². The van der Waals surface area contributed by atoms with Crippen LogP contribution in [0.4, 0.5) is 5.69 Å². The molecule has 1 saturated carbocycles. The smallest absolute Gasteiger partial charge is 0.288 e. The Morgan fingerprint density at radius 2 is 2.33 bits per heavy atom. The molecule has 2 atom stereocenters. The molecule has 1 aromatic heterocycles. The van der Waals surface area contributed by atoms with Crippen LogP contribution in [0.1, 0.15) is 49.4 Å². The zero-order chi connectivity index (χ0) is 15.4. The van der Waals surface area contributed by atoms with E-state index in [0.29, 0.717) is 5.92 Å². The van der Waals surface area contributed by atoms with Gasteiger partial charge in [-0.25, -0.2) is 4.98 Å². The van der Waals surface area contributed by atoms with Gasteiger partial charge in [0.2, 0.25) is 0 Å². The molecule has 1 aliphatic carbocycles. The molecule has 0 spiro atoms. The maximum Gasteiger partial charge on any atom is 0.288 e. The molecule has 1 aromatic rings. The van der Waals surface area contributed by atoms with E-state index in [0.717, 1.165) is 31.9 Å². The summed E-state index contributed by atoms with van der Waals surface area (Å²) in [5.74, 6) is 0.237. The molecule has 0 aromatic carbocycles. The van der Waals surface area contributed by atoms with Crippen LogP contribution in [0.5, 0.6) is 0 Å². The molecule has 21 heavy (non-hydrogen) atoms. The zero-order valence-electron chi connectivity index (χ0n) is 11.8. The van der Waals surface area contributed by atoms with Crippen LogP contribution >= 0.6 is 11.6 Å². The maximum atomic E-state index is 12.2. The first-order valence-corrected chi connectivity index (χ1v) is 7.49. The summed E-state index contributed by atoms with van der Waals surface area (Å²) >= 11 is 5.87. The largest absolute Gasteiger partial charge is 0.349 e. The van der Waals surface area contributed by atoms with E-state index in [1.807, 2.05) is 0 Å². The van der Waals surface area contributed by atoms with Gasteiger partial charge in [-0.1, -0.05) is 37.8 Å². The first kappa shape index (κ1) is 15.7. The van der Waals surface area contributed by atoms with Crippen LogP contribution < -0.4 is 5.32 Å². The Morgan fingerprint density at radius 1 is 1.57 bits per heavy atom. The molecule has 0 saturated heterocycles. The molecule has 6 nitrogen and oxygen atoms in total. The fourth-order valence-electron chi connectivity index (χ4n) is 2.75. The lowest BCUT2D eigenvalue weighted by Crippen LogP contribution is -2.38. The number of carbonyl (C=O) groups excluding carboxylic acids is 1. The molecular formula is C14H18ClN3O3. The number of hydrogen-bond acceptors (Lipinski definition) is 4. The van der Waals surface area contributed by atoms with Gasteiger partial charge in [0, 0.05) is 12.1 Å². The number of nitro groups is 1. The average Bonchev–Trinajstić information content (AvgIpc) is 2.47. The van der Waals surface area contributed by atoms with Crippen molar-refractivity contribution in [2.45, 2.75) is 45.1 Å². The van der Waals surface area contributed by atoms with E-state index in [2.05, 4.69) is 17.2 Å². The molecule has 0 bridgehead atoms. The Kier molecular flexibility index (Phi) is 5.12. The molecule has 2 rings (SSSR count). The summed E-state index contributed by atoms with van der Waals surface area (Å²) in [6.45, 7) is 2.15. The second-order valence-electron chi connectivity index (χ2n) is 5.40. The molecule has 1 fully saturated rings. The quantitative estimate of drug-likeness (QED) is 0.525. The van der Waals surface area contributed by atoms with Crippen molar-refractivity contribution in [2.75, 3.05) is 0 Å². The Morgan fingerprint density at radius 3 is 3.00 bits per heavy atom. The highest BCUT2D eigenvalue weighted by Crippen LogP contribution is 2.27. The Balaban J connectivity index is 2.09. The van der Waals surface area contributed by atoms with Crippen molar-refractivity contribution in [3.63, 3.8) is 0 Å². The standard InChI is InChI=1S/C14H18ClN3O3/c1-2-9-4-3-5-10(6-9)17-14(19)12-7-11(18(20)21)8-16-13(12)15/h7-10H,2-6H2,1H3,(H,17,19). The highest BCUT2D eigenvalue weighted by molar-refractivity contribution is 6.32. The fraction of sp³-hybridized carbons (Fsp3) is 0.571. The molecule has 2 unspecified atom stereocenters. The summed E-state index contributed by atoms with van der Waals surface area (Å²) < 4.78 is 0. The number of nitrogens with zero attached hydrogens (tertiary/aromatic N) is 2. The predicted molar refractivity (Wildman–Crippen MR) is 79.4 cm³/mol. The number of rotatable bonds is 4. The van der Waals surface area contributed by atoms with Crippen molar-refractivity contribution in [1.82, 2.24) is 10.3 Å². The van der Waals surface area contributed by atoms with E-state index in [4.69, 9.17) is 11.6 Å². The van der Waals surface area contributed by atoms with Crippen LogP contribution in [0.15, 0.2) is 12.3 Å². The third-order valence-electron chi connectivity index (χ3n) is 3.98. The van der Waals surface area contributed by atoms with Gasteiger partial charge in [0.05, 0.1) is 10.5 Å². The SMILES string of the molecule is CCC1CCCC(NC(=O)c2cc([N+](=O)[O-])cnc2Cl)C1. The lowest BCUT2D eigenvalue weighted by atomic mass is 9.84. The fourth-order valence-corrected chi connectivity index (χ4v) is 2.94. The number of pyridine rings is 1. The minimum absolute atomic E-state index is 0.0130. The van der Waals surface area contributed by atoms with E-state index in [9.17, 15) is 14.9 Å². The van der Waals surface area contributed by atoms with Gasteiger partial charge in [0.25, 0.3) is 11.6 Å². The molecule has 1 amide bonds. The van der Waals surface area contributed by atoms with Crippen LogP contribution in [0.25, 0.3) is 0 Å². The Hall–Kier alpha value is -1.69. The van der Waals surface area contributed by atoms with Crippen LogP contribution in [0.2, 0.25) is 5.15 Å². The average molecular weight is 312 g/mol. The van der Waals surface area contributed by atoms with Crippen molar-refractivity contribution in [2.24, 2.45) is 5.92 Å². The van der Waals surface area contributed by atoms with E-state index in [1.165, 1.54) is 12.5 Å². The normalized spacial score (nSPS) is 21.8. The molecule has 1 heterocycles. The molecular weight excluding hydrogens is 294 g/mol. The van der Waals surface area contributed by atoms with Crippen LogP contribution in [-0.2, 0) is 0 Å². The minimum atomic E-state index is -0.589. The molecule has 0 aliphatic heterocycles. The van der Waals surface area contributed by atoms with Gasteiger partial charge in [0.15, 0.2) is 0 Å². The molecule has 7 heteroatoms. The number of halogens is 1. The Labute approximate surface area is 128 Å². The Bertz CT molecular complexity index is 550. The summed E-state index contributed by atoms with van der Waals surface area (Å²) in [5.41, 5.74) is -0.177. The summed E-state index contributed by atoms with van der Waals surface area (Å²) in [6.07, 6.45) is 6.31. The van der Waals surface area contributed by atoms with E-state index >= 15 is 0 Å². The number of nitrogens with one attached hydrogen (secondary N) is 1. The predicted octanol–water partition coefficient (Wildman–Crippen LogP) is 3.34. The third-order valence-corrected chi connectivity index (χ3v) is 4.28. The summed E-state index contributed by atoms with van der Waals surface area (Å²) in [5, 5.41) is 13.7. The number of aromatic nitrogens is 1. The van der Waals surface area contributed by atoms with Gasteiger partial charge < -0.3 is 5.32 Å². The third kappa shape index (κ3) is 3.91. The zero-order valence-corrected chi connectivity index (χ0v) is 12.6.